The standard InChI is InChI=1S/C22H23BrF3O3PS/c1-12(2)28-30(27,29-13(3)4)18(11-14-8-9-15(24)17(26)10-14)22-21(23)20-16(25)6-5-7-19(20)31-22/h5-10,12-13,18H,11H2,1-4H3. The Kier molecular flexibility index (Phi) is 7.70. The molecule has 1 heterocycles. The Morgan fingerprint density at radius 1 is 0.968 bits per heavy atom. The Labute approximate surface area is 192 Å². The molecule has 3 nitrogen and oxygen atoms in total. The van der Waals surface area contributed by atoms with Gasteiger partial charge in [-0.15, -0.1) is 11.3 Å². The molecule has 9 heteroatoms. The summed E-state index contributed by atoms with van der Waals surface area (Å²) in [5, 5.41) is 0.374. The third kappa shape index (κ3) is 5.42. The zero-order valence-corrected chi connectivity index (χ0v) is 20.8. The Balaban J connectivity index is 2.20. The molecule has 0 saturated carbocycles. The first-order valence-electron chi connectivity index (χ1n) is 9.78. The van der Waals surface area contributed by atoms with Gasteiger partial charge in [0.15, 0.2) is 11.6 Å². The first-order valence-corrected chi connectivity index (χ1v) is 13.0. The van der Waals surface area contributed by atoms with Crippen LogP contribution in [0.1, 0.15) is 43.8 Å². The van der Waals surface area contributed by atoms with E-state index in [2.05, 4.69) is 15.9 Å². The van der Waals surface area contributed by atoms with Crippen molar-refractivity contribution >= 4 is 44.9 Å². The van der Waals surface area contributed by atoms with Crippen molar-refractivity contribution in [2.24, 2.45) is 0 Å². The van der Waals surface area contributed by atoms with Gasteiger partial charge in [-0.3, -0.25) is 4.57 Å². The van der Waals surface area contributed by atoms with Crippen LogP contribution in [0.4, 0.5) is 13.2 Å². The highest BCUT2D eigenvalue weighted by Crippen LogP contribution is 2.66. The molecule has 3 rings (SSSR count). The molecular formula is C22H23BrF3O3PS. The van der Waals surface area contributed by atoms with Crippen molar-refractivity contribution in [3.05, 3.63) is 68.8 Å². The molecule has 0 fully saturated rings. The fourth-order valence-electron chi connectivity index (χ4n) is 3.30. The van der Waals surface area contributed by atoms with Crippen LogP contribution in [-0.4, -0.2) is 12.2 Å². The lowest BCUT2D eigenvalue weighted by Gasteiger charge is -2.30. The summed E-state index contributed by atoms with van der Waals surface area (Å²) in [7, 11) is -3.81. The molecule has 0 aliphatic carbocycles. The van der Waals surface area contributed by atoms with Crippen LogP contribution in [0.5, 0.6) is 0 Å². The molecule has 0 aliphatic heterocycles. The van der Waals surface area contributed by atoms with Crippen LogP contribution in [0.2, 0.25) is 0 Å². The lowest BCUT2D eigenvalue weighted by Crippen LogP contribution is -2.15. The normalized spacial score (nSPS) is 13.5. The fourth-order valence-corrected chi connectivity index (χ4v) is 8.54. The number of hydrogen-bond acceptors (Lipinski definition) is 4. The fraction of sp³-hybridized carbons (Fsp3) is 0.364. The molecule has 0 amide bonds. The molecule has 3 aromatic rings. The number of halogens is 4. The molecule has 1 aromatic heterocycles. The summed E-state index contributed by atoms with van der Waals surface area (Å²) >= 11 is 4.74. The highest BCUT2D eigenvalue weighted by atomic mass is 79.9. The number of fused-ring (bicyclic) bond motifs is 1. The van der Waals surface area contributed by atoms with E-state index in [1.807, 2.05) is 0 Å². The average molecular weight is 535 g/mol. The highest BCUT2D eigenvalue weighted by Gasteiger charge is 2.42. The Morgan fingerprint density at radius 3 is 2.16 bits per heavy atom. The second kappa shape index (κ2) is 9.75. The van der Waals surface area contributed by atoms with Crippen LogP contribution in [0, 0.1) is 17.5 Å². The van der Waals surface area contributed by atoms with Gasteiger partial charge >= 0.3 is 7.60 Å². The first kappa shape index (κ1) is 24.5. The van der Waals surface area contributed by atoms with Gasteiger partial charge < -0.3 is 9.05 Å². The summed E-state index contributed by atoms with van der Waals surface area (Å²) in [6, 6.07) is 8.25. The van der Waals surface area contributed by atoms with Gasteiger partial charge in [0, 0.05) is 19.4 Å². The zero-order chi connectivity index (χ0) is 22.9. The van der Waals surface area contributed by atoms with E-state index < -0.39 is 42.9 Å². The number of rotatable bonds is 8. The molecule has 0 bridgehead atoms. The molecule has 0 spiro atoms. The van der Waals surface area contributed by atoms with Crippen LogP contribution in [0.25, 0.3) is 10.1 Å². The van der Waals surface area contributed by atoms with Gasteiger partial charge in [-0.1, -0.05) is 12.1 Å². The van der Waals surface area contributed by atoms with Gasteiger partial charge in [-0.05, 0) is 79.9 Å². The Hall–Kier alpha value is -1.18. The molecule has 0 N–H and O–H groups in total. The lowest BCUT2D eigenvalue weighted by molar-refractivity contribution is 0.136. The second-order valence-electron chi connectivity index (χ2n) is 7.71. The highest BCUT2D eigenvalue weighted by molar-refractivity contribution is 9.10. The SMILES string of the molecule is CC(C)OP(=O)(OC(C)C)C(Cc1ccc(F)c(F)c1)c1sc2cccc(F)c2c1Br. The second-order valence-corrected chi connectivity index (χ2v) is 11.7. The number of thiophene rings is 1. The van der Waals surface area contributed by atoms with Gasteiger partial charge in [-0.2, -0.15) is 0 Å². The topological polar surface area (TPSA) is 35.5 Å². The lowest BCUT2D eigenvalue weighted by atomic mass is 10.1. The molecule has 1 unspecified atom stereocenters. The van der Waals surface area contributed by atoms with Crippen molar-refractivity contribution in [2.75, 3.05) is 0 Å². The average Bonchev–Trinajstić information content (AvgIpc) is 2.98. The van der Waals surface area contributed by atoms with Gasteiger partial charge in [-0.25, -0.2) is 13.2 Å². The minimum absolute atomic E-state index is 0.0565. The number of benzene rings is 2. The van der Waals surface area contributed by atoms with Crippen LogP contribution in [0.3, 0.4) is 0 Å². The minimum Gasteiger partial charge on any atom is -0.305 e. The van der Waals surface area contributed by atoms with Crippen LogP contribution in [0.15, 0.2) is 40.9 Å². The van der Waals surface area contributed by atoms with E-state index in [0.717, 1.165) is 12.1 Å². The summed E-state index contributed by atoms with van der Waals surface area (Å²) < 4.78 is 68.7. The summed E-state index contributed by atoms with van der Waals surface area (Å²) in [5.74, 6) is -2.38. The Bertz CT molecular complexity index is 1120. The quantitative estimate of drug-likeness (QED) is 0.272. The summed E-state index contributed by atoms with van der Waals surface area (Å²) in [5.41, 5.74) is -0.429. The number of hydrogen-bond donors (Lipinski definition) is 0. The van der Waals surface area contributed by atoms with Crippen LogP contribution < -0.4 is 0 Å². The van der Waals surface area contributed by atoms with Crippen molar-refractivity contribution in [3.63, 3.8) is 0 Å². The van der Waals surface area contributed by atoms with E-state index >= 15 is 0 Å². The predicted molar refractivity (Wildman–Crippen MR) is 122 cm³/mol. The van der Waals surface area contributed by atoms with Gasteiger partial charge in [0.25, 0.3) is 0 Å². The first-order chi connectivity index (χ1) is 14.5. The molecular weight excluding hydrogens is 512 g/mol. The molecule has 31 heavy (non-hydrogen) atoms. The maximum absolute atomic E-state index is 14.5. The van der Waals surface area contributed by atoms with Gasteiger partial charge in [0.05, 0.1) is 12.2 Å². The van der Waals surface area contributed by atoms with E-state index in [1.54, 1.807) is 39.8 Å². The molecule has 0 aliphatic rings. The van der Waals surface area contributed by atoms with E-state index in [1.165, 1.54) is 23.5 Å². The van der Waals surface area contributed by atoms with E-state index in [-0.39, 0.29) is 6.42 Å². The maximum atomic E-state index is 14.5. The molecule has 2 aromatic carbocycles. The van der Waals surface area contributed by atoms with Crippen molar-refractivity contribution in [3.8, 4) is 0 Å². The van der Waals surface area contributed by atoms with E-state index in [9.17, 15) is 17.7 Å². The van der Waals surface area contributed by atoms with Crippen molar-refractivity contribution in [2.45, 2.75) is 52.0 Å². The van der Waals surface area contributed by atoms with E-state index in [0.29, 0.717) is 25.0 Å². The Morgan fingerprint density at radius 2 is 1.61 bits per heavy atom. The molecule has 0 saturated heterocycles. The summed E-state index contributed by atoms with van der Waals surface area (Å²) in [6.07, 6.45) is -0.773. The molecule has 168 valence electrons. The van der Waals surface area contributed by atoms with Crippen LogP contribution >= 0.6 is 34.9 Å². The van der Waals surface area contributed by atoms with Crippen molar-refractivity contribution < 1.29 is 26.8 Å². The smallest absolute Gasteiger partial charge is 0.305 e. The van der Waals surface area contributed by atoms with E-state index in [4.69, 9.17) is 9.05 Å². The molecule has 0 radical (unpaired) electrons. The minimum atomic E-state index is -3.81. The monoisotopic (exact) mass is 534 g/mol. The summed E-state index contributed by atoms with van der Waals surface area (Å²) in [4.78, 5) is 0.564. The third-order valence-corrected chi connectivity index (χ3v) is 9.61. The summed E-state index contributed by atoms with van der Waals surface area (Å²) in [6.45, 7) is 6.96. The molecule has 1 atom stereocenters. The van der Waals surface area contributed by atoms with Gasteiger partial charge in [0.2, 0.25) is 0 Å². The predicted octanol–water partition coefficient (Wildman–Crippen LogP) is 8.41. The maximum Gasteiger partial charge on any atom is 0.339 e. The van der Waals surface area contributed by atoms with Gasteiger partial charge in [0.1, 0.15) is 11.5 Å². The zero-order valence-electron chi connectivity index (χ0n) is 17.5. The third-order valence-electron chi connectivity index (χ3n) is 4.44. The largest absolute Gasteiger partial charge is 0.339 e. The van der Waals surface area contributed by atoms with Crippen LogP contribution in [-0.2, 0) is 20.0 Å². The van der Waals surface area contributed by atoms with Crippen molar-refractivity contribution in [1.29, 1.82) is 0 Å². The van der Waals surface area contributed by atoms with Crippen molar-refractivity contribution in [1.82, 2.24) is 0 Å².